The number of thioether (sulfide) groups is 1. The summed E-state index contributed by atoms with van der Waals surface area (Å²) in [5.41, 5.74) is 4.29. The monoisotopic (exact) mass is 410 g/mol. The first-order valence-electron chi connectivity index (χ1n) is 10.2. The highest BCUT2D eigenvalue weighted by atomic mass is 32.2. The maximum atomic E-state index is 13.1. The van der Waals surface area contributed by atoms with E-state index >= 15 is 0 Å². The minimum atomic E-state index is -0.0375. The molecule has 1 amide bonds. The summed E-state index contributed by atoms with van der Waals surface area (Å²) < 4.78 is 6.01. The molecule has 4 nitrogen and oxygen atoms in total. The molecule has 0 bridgehead atoms. The zero-order valence-electron chi connectivity index (χ0n) is 17.9. The lowest BCUT2D eigenvalue weighted by Gasteiger charge is -2.24. The van der Waals surface area contributed by atoms with Crippen LogP contribution in [-0.4, -0.2) is 34.4 Å². The molecular formula is C24H30N2O2S. The first kappa shape index (κ1) is 21.4. The third kappa shape index (κ3) is 5.21. The second-order valence-corrected chi connectivity index (χ2v) is 8.84. The van der Waals surface area contributed by atoms with Gasteiger partial charge in [-0.1, -0.05) is 56.8 Å². The second-order valence-electron chi connectivity index (χ2n) is 7.85. The largest absolute Gasteiger partial charge is 0.483 e. The number of amidine groups is 1. The fourth-order valence-corrected chi connectivity index (χ4v) is 4.71. The minimum absolute atomic E-state index is 0.0209. The molecule has 1 aliphatic heterocycles. The lowest BCUT2D eigenvalue weighted by Crippen LogP contribution is -2.41. The van der Waals surface area contributed by atoms with Gasteiger partial charge in [-0.25, -0.2) is 4.99 Å². The molecule has 154 valence electrons. The van der Waals surface area contributed by atoms with Crippen LogP contribution in [0.2, 0.25) is 0 Å². The summed E-state index contributed by atoms with van der Waals surface area (Å²) in [5.74, 6) is 1.97. The molecule has 2 aromatic rings. The van der Waals surface area contributed by atoms with E-state index in [2.05, 4.69) is 32.9 Å². The number of amides is 1. The van der Waals surface area contributed by atoms with Gasteiger partial charge in [-0.2, -0.15) is 0 Å². The molecular weight excluding hydrogens is 380 g/mol. The smallest absolute Gasteiger partial charge is 0.266 e. The van der Waals surface area contributed by atoms with Crippen molar-refractivity contribution in [3.8, 4) is 5.75 Å². The molecule has 1 fully saturated rings. The van der Waals surface area contributed by atoms with Gasteiger partial charge in [0.25, 0.3) is 5.91 Å². The van der Waals surface area contributed by atoms with Gasteiger partial charge in [0.1, 0.15) is 5.75 Å². The van der Waals surface area contributed by atoms with E-state index in [1.54, 1.807) is 11.8 Å². The van der Waals surface area contributed by atoms with Gasteiger partial charge in [0.05, 0.1) is 5.69 Å². The number of hydrogen-bond donors (Lipinski definition) is 0. The summed E-state index contributed by atoms with van der Waals surface area (Å²) >= 11 is 1.64. The van der Waals surface area contributed by atoms with Gasteiger partial charge in [0.15, 0.2) is 11.8 Å². The third-order valence-corrected chi connectivity index (χ3v) is 6.18. The standard InChI is InChI=1S/C24H30N2O2S/c1-6-20-15-29-24(25-19-9-7-8-17(4)12-19)26(20)23(27)14-28-22-13-18(5)10-11-21(22)16(2)3/h7-13,16,20H,6,14-15H2,1-5H3/t20-/m0/s1. The van der Waals surface area contributed by atoms with Gasteiger partial charge in [-0.3, -0.25) is 9.69 Å². The quantitative estimate of drug-likeness (QED) is 0.600. The number of carbonyl (C=O) groups excluding carboxylic acids is 1. The molecule has 2 aromatic carbocycles. The van der Waals surface area contributed by atoms with Crippen LogP contribution in [0.3, 0.4) is 0 Å². The van der Waals surface area contributed by atoms with E-state index in [1.165, 1.54) is 0 Å². The molecule has 1 aliphatic rings. The average molecular weight is 411 g/mol. The van der Waals surface area contributed by atoms with Gasteiger partial charge >= 0.3 is 0 Å². The minimum Gasteiger partial charge on any atom is -0.483 e. The van der Waals surface area contributed by atoms with Crippen molar-refractivity contribution in [2.75, 3.05) is 12.4 Å². The van der Waals surface area contributed by atoms with Gasteiger partial charge in [0.2, 0.25) is 0 Å². The summed E-state index contributed by atoms with van der Waals surface area (Å²) in [6, 6.07) is 14.4. The Hall–Kier alpha value is -2.27. The van der Waals surface area contributed by atoms with E-state index < -0.39 is 0 Å². The van der Waals surface area contributed by atoms with E-state index in [-0.39, 0.29) is 18.6 Å². The highest BCUT2D eigenvalue weighted by Gasteiger charge is 2.34. The van der Waals surface area contributed by atoms with Crippen LogP contribution in [0.5, 0.6) is 5.75 Å². The Balaban J connectivity index is 1.79. The Kier molecular flexibility index (Phi) is 7.01. The maximum Gasteiger partial charge on any atom is 0.266 e. The van der Waals surface area contributed by atoms with Crippen LogP contribution < -0.4 is 4.74 Å². The van der Waals surface area contributed by atoms with Gasteiger partial charge in [-0.05, 0) is 61.1 Å². The fraction of sp³-hybridized carbons (Fsp3) is 0.417. The first-order valence-corrected chi connectivity index (χ1v) is 11.2. The number of benzene rings is 2. The molecule has 0 unspecified atom stereocenters. The van der Waals surface area contributed by atoms with E-state index in [0.29, 0.717) is 5.92 Å². The lowest BCUT2D eigenvalue weighted by molar-refractivity contribution is -0.130. The van der Waals surface area contributed by atoms with E-state index in [4.69, 9.17) is 9.73 Å². The topological polar surface area (TPSA) is 41.9 Å². The van der Waals surface area contributed by atoms with Crippen molar-refractivity contribution in [3.63, 3.8) is 0 Å². The molecule has 1 atom stereocenters. The van der Waals surface area contributed by atoms with Gasteiger partial charge < -0.3 is 4.74 Å². The van der Waals surface area contributed by atoms with Crippen LogP contribution in [0.4, 0.5) is 5.69 Å². The van der Waals surface area contributed by atoms with Crippen molar-refractivity contribution in [1.82, 2.24) is 4.90 Å². The summed E-state index contributed by atoms with van der Waals surface area (Å²) in [4.78, 5) is 19.7. The number of aliphatic imine (C=N–C) groups is 1. The van der Waals surface area contributed by atoms with Crippen molar-refractivity contribution < 1.29 is 9.53 Å². The number of nitrogens with zero attached hydrogens (tertiary/aromatic N) is 2. The highest BCUT2D eigenvalue weighted by molar-refractivity contribution is 8.14. The Labute approximate surface area is 178 Å². The van der Waals surface area contributed by atoms with Crippen LogP contribution in [0.25, 0.3) is 0 Å². The molecule has 0 saturated carbocycles. The molecule has 0 radical (unpaired) electrons. The van der Waals surface area contributed by atoms with Crippen molar-refractivity contribution in [3.05, 3.63) is 59.2 Å². The highest BCUT2D eigenvalue weighted by Crippen LogP contribution is 2.30. The average Bonchev–Trinajstić information content (AvgIpc) is 3.08. The molecule has 29 heavy (non-hydrogen) atoms. The second kappa shape index (κ2) is 9.49. The zero-order chi connectivity index (χ0) is 21.0. The molecule has 1 heterocycles. The predicted molar refractivity (Wildman–Crippen MR) is 122 cm³/mol. The molecule has 0 spiro atoms. The third-order valence-electron chi connectivity index (χ3n) is 5.08. The lowest BCUT2D eigenvalue weighted by atomic mass is 10.0. The van der Waals surface area contributed by atoms with Crippen LogP contribution in [-0.2, 0) is 4.79 Å². The number of hydrogen-bond acceptors (Lipinski definition) is 4. The molecule has 1 saturated heterocycles. The van der Waals surface area contributed by atoms with Crippen molar-refractivity contribution in [2.45, 2.75) is 53.0 Å². The normalized spacial score (nSPS) is 17.9. The summed E-state index contributed by atoms with van der Waals surface area (Å²) in [6.45, 7) is 10.5. The zero-order valence-corrected chi connectivity index (χ0v) is 18.8. The summed E-state index contributed by atoms with van der Waals surface area (Å²) in [5, 5.41) is 0.768. The number of carbonyl (C=O) groups is 1. The number of rotatable bonds is 6. The summed E-state index contributed by atoms with van der Waals surface area (Å²) in [6.07, 6.45) is 0.896. The molecule has 3 rings (SSSR count). The van der Waals surface area contributed by atoms with Crippen molar-refractivity contribution in [2.24, 2.45) is 4.99 Å². The van der Waals surface area contributed by atoms with Crippen LogP contribution in [0, 0.1) is 13.8 Å². The van der Waals surface area contributed by atoms with E-state index in [1.807, 2.05) is 49.1 Å². The van der Waals surface area contributed by atoms with Crippen LogP contribution in [0.1, 0.15) is 49.8 Å². The Morgan fingerprint density at radius 3 is 2.66 bits per heavy atom. The Morgan fingerprint density at radius 1 is 1.21 bits per heavy atom. The van der Waals surface area contributed by atoms with Gasteiger partial charge in [-0.15, -0.1) is 0 Å². The Morgan fingerprint density at radius 2 is 1.97 bits per heavy atom. The predicted octanol–water partition coefficient (Wildman–Crippen LogP) is 5.85. The SMILES string of the molecule is CC[C@H]1CSC(=Nc2cccc(C)c2)N1C(=O)COc1cc(C)ccc1C(C)C. The summed E-state index contributed by atoms with van der Waals surface area (Å²) in [7, 11) is 0. The van der Waals surface area contributed by atoms with Crippen LogP contribution in [0.15, 0.2) is 47.5 Å². The van der Waals surface area contributed by atoms with E-state index in [0.717, 1.165) is 45.5 Å². The van der Waals surface area contributed by atoms with Crippen LogP contribution >= 0.6 is 11.8 Å². The number of ether oxygens (including phenoxy) is 1. The Bertz CT molecular complexity index is 908. The molecule has 0 N–H and O–H groups in total. The van der Waals surface area contributed by atoms with E-state index in [9.17, 15) is 4.79 Å². The van der Waals surface area contributed by atoms with Crippen molar-refractivity contribution in [1.29, 1.82) is 0 Å². The molecule has 5 heteroatoms. The molecule has 0 aliphatic carbocycles. The maximum absolute atomic E-state index is 13.1. The first-order chi connectivity index (χ1) is 13.9. The molecule has 0 aromatic heterocycles. The fourth-order valence-electron chi connectivity index (χ4n) is 3.43. The number of aryl methyl sites for hydroxylation is 2. The van der Waals surface area contributed by atoms with Crippen molar-refractivity contribution >= 4 is 28.5 Å². The van der Waals surface area contributed by atoms with Gasteiger partial charge in [0, 0.05) is 11.8 Å².